The summed E-state index contributed by atoms with van der Waals surface area (Å²) >= 11 is 0. The molecular weight excluding hydrogens is 262 g/mol. The van der Waals surface area contributed by atoms with E-state index in [9.17, 15) is 5.11 Å². The van der Waals surface area contributed by atoms with Crippen LogP contribution in [0, 0.1) is 29.6 Å². The highest BCUT2D eigenvalue weighted by Gasteiger charge is 2.11. The Balaban J connectivity index is 2.26. The first-order valence-corrected chi connectivity index (χ1v) is 6.55. The normalized spacial score (nSPS) is 11.2. The molecular formula is C17H15N3O. The summed E-state index contributed by atoms with van der Waals surface area (Å²) in [4.78, 5) is 0. The van der Waals surface area contributed by atoms with Gasteiger partial charge in [0.05, 0.1) is 17.2 Å². The molecule has 4 heteroatoms. The van der Waals surface area contributed by atoms with Crippen LogP contribution in [0.15, 0.2) is 36.4 Å². The Morgan fingerprint density at radius 1 is 1.05 bits per heavy atom. The van der Waals surface area contributed by atoms with Gasteiger partial charge in [-0.1, -0.05) is 12.1 Å². The largest absolute Gasteiger partial charge is 0.508 e. The number of benzene rings is 2. The van der Waals surface area contributed by atoms with E-state index in [0.717, 1.165) is 16.8 Å². The first kappa shape index (κ1) is 14.4. The maximum atomic E-state index is 9.99. The molecule has 0 aromatic heterocycles. The van der Waals surface area contributed by atoms with Crippen LogP contribution in [0.5, 0.6) is 5.75 Å². The molecule has 0 radical (unpaired) electrons. The summed E-state index contributed by atoms with van der Waals surface area (Å²) in [6.07, 6.45) is 0. The quantitative estimate of drug-likeness (QED) is 0.898. The van der Waals surface area contributed by atoms with E-state index in [4.69, 9.17) is 10.5 Å². The summed E-state index contributed by atoms with van der Waals surface area (Å²) in [7, 11) is 0. The van der Waals surface area contributed by atoms with E-state index in [1.807, 2.05) is 38.1 Å². The van der Waals surface area contributed by atoms with E-state index in [2.05, 4.69) is 5.32 Å². The number of aryl methyl sites for hydroxylation is 1. The van der Waals surface area contributed by atoms with E-state index in [0.29, 0.717) is 11.1 Å². The predicted octanol–water partition coefficient (Wildman–Crippen LogP) is 3.62. The molecule has 0 heterocycles. The van der Waals surface area contributed by atoms with Crippen molar-refractivity contribution < 1.29 is 5.11 Å². The topological polar surface area (TPSA) is 79.8 Å². The van der Waals surface area contributed by atoms with E-state index >= 15 is 0 Å². The first-order valence-electron chi connectivity index (χ1n) is 6.55. The molecule has 21 heavy (non-hydrogen) atoms. The zero-order chi connectivity index (χ0) is 15.4. The number of hydrogen-bond acceptors (Lipinski definition) is 4. The van der Waals surface area contributed by atoms with E-state index < -0.39 is 0 Å². The fourth-order valence-corrected chi connectivity index (χ4v) is 2.17. The van der Waals surface area contributed by atoms with Gasteiger partial charge in [-0.05, 0) is 43.7 Å². The smallest absolute Gasteiger partial charge is 0.121 e. The SMILES string of the molecule is Cc1ccc(C(C)Nc2ccc(C#N)c(C#N)c2)c(O)c1. The number of phenolic OH excluding ortho intramolecular Hbond substituents is 1. The van der Waals surface area contributed by atoms with Gasteiger partial charge in [0.1, 0.15) is 17.9 Å². The predicted molar refractivity (Wildman–Crippen MR) is 80.8 cm³/mol. The lowest BCUT2D eigenvalue weighted by Crippen LogP contribution is -2.07. The van der Waals surface area contributed by atoms with Crippen molar-refractivity contribution in [3.63, 3.8) is 0 Å². The van der Waals surface area contributed by atoms with Crippen LogP contribution < -0.4 is 5.32 Å². The van der Waals surface area contributed by atoms with Gasteiger partial charge in [0.15, 0.2) is 0 Å². The second kappa shape index (κ2) is 5.98. The van der Waals surface area contributed by atoms with Crippen molar-refractivity contribution in [1.29, 1.82) is 10.5 Å². The van der Waals surface area contributed by atoms with Gasteiger partial charge in [0, 0.05) is 11.3 Å². The minimum atomic E-state index is -0.120. The molecule has 2 aromatic carbocycles. The van der Waals surface area contributed by atoms with Crippen molar-refractivity contribution in [3.8, 4) is 17.9 Å². The molecule has 2 rings (SSSR count). The lowest BCUT2D eigenvalue weighted by Gasteiger charge is -2.17. The van der Waals surface area contributed by atoms with Gasteiger partial charge in [-0.2, -0.15) is 10.5 Å². The summed E-state index contributed by atoms with van der Waals surface area (Å²) in [5.74, 6) is 0.240. The molecule has 2 aromatic rings. The van der Waals surface area contributed by atoms with Gasteiger partial charge < -0.3 is 10.4 Å². The van der Waals surface area contributed by atoms with Crippen molar-refractivity contribution in [2.45, 2.75) is 19.9 Å². The molecule has 2 N–H and O–H groups in total. The Kier molecular flexibility index (Phi) is 4.11. The second-order valence-corrected chi connectivity index (χ2v) is 4.91. The number of hydrogen-bond donors (Lipinski definition) is 2. The first-order chi connectivity index (χ1) is 10.0. The van der Waals surface area contributed by atoms with E-state index in [1.54, 1.807) is 24.3 Å². The number of phenols is 1. The number of nitrogens with zero attached hydrogens (tertiary/aromatic N) is 2. The van der Waals surface area contributed by atoms with Crippen molar-refractivity contribution in [3.05, 3.63) is 58.7 Å². The molecule has 1 unspecified atom stereocenters. The minimum Gasteiger partial charge on any atom is -0.508 e. The third-order valence-corrected chi connectivity index (χ3v) is 3.30. The molecule has 104 valence electrons. The van der Waals surface area contributed by atoms with Crippen molar-refractivity contribution in [2.75, 3.05) is 5.32 Å². The zero-order valence-electron chi connectivity index (χ0n) is 11.9. The molecule has 0 spiro atoms. The van der Waals surface area contributed by atoms with Crippen LogP contribution in [-0.2, 0) is 0 Å². The Hall–Kier alpha value is -2.98. The third kappa shape index (κ3) is 3.13. The van der Waals surface area contributed by atoms with Crippen molar-refractivity contribution in [1.82, 2.24) is 0 Å². The summed E-state index contributed by atoms with van der Waals surface area (Å²) < 4.78 is 0. The number of aromatic hydroxyl groups is 1. The Morgan fingerprint density at radius 2 is 1.76 bits per heavy atom. The highest BCUT2D eigenvalue weighted by molar-refractivity contribution is 5.57. The number of nitrogens with one attached hydrogen (secondary N) is 1. The lowest BCUT2D eigenvalue weighted by molar-refractivity contribution is 0.465. The highest BCUT2D eigenvalue weighted by Crippen LogP contribution is 2.28. The molecule has 0 aliphatic carbocycles. The molecule has 0 aliphatic rings. The summed E-state index contributed by atoms with van der Waals surface area (Å²) in [6, 6.07) is 14.4. The molecule has 0 bridgehead atoms. The second-order valence-electron chi connectivity index (χ2n) is 4.91. The molecule has 4 nitrogen and oxygen atoms in total. The average Bonchev–Trinajstić information content (AvgIpc) is 2.46. The van der Waals surface area contributed by atoms with Gasteiger partial charge in [0.25, 0.3) is 0 Å². The molecule has 0 aliphatic heterocycles. The standard InChI is InChI=1S/C17H15N3O/c1-11-3-6-16(17(21)7-11)12(2)20-15-5-4-13(9-18)14(8-15)10-19/h3-8,12,20-21H,1-2H3. The van der Waals surface area contributed by atoms with Crippen LogP contribution in [0.1, 0.15) is 35.2 Å². The minimum absolute atomic E-state index is 0.120. The zero-order valence-corrected chi connectivity index (χ0v) is 11.9. The van der Waals surface area contributed by atoms with Crippen LogP contribution in [-0.4, -0.2) is 5.11 Å². The molecule has 0 saturated heterocycles. The molecule has 0 amide bonds. The summed E-state index contributed by atoms with van der Waals surface area (Å²) in [5, 5.41) is 31.2. The summed E-state index contributed by atoms with van der Waals surface area (Å²) in [5.41, 5.74) is 3.20. The lowest BCUT2D eigenvalue weighted by atomic mass is 10.0. The fourth-order valence-electron chi connectivity index (χ4n) is 2.17. The van der Waals surface area contributed by atoms with E-state index in [-0.39, 0.29) is 11.8 Å². The summed E-state index contributed by atoms with van der Waals surface area (Å²) in [6.45, 7) is 3.84. The third-order valence-electron chi connectivity index (χ3n) is 3.30. The maximum Gasteiger partial charge on any atom is 0.121 e. The van der Waals surface area contributed by atoms with Crippen LogP contribution in [0.2, 0.25) is 0 Å². The van der Waals surface area contributed by atoms with E-state index in [1.165, 1.54) is 0 Å². The number of nitriles is 2. The van der Waals surface area contributed by atoms with Gasteiger partial charge in [-0.3, -0.25) is 0 Å². The Morgan fingerprint density at radius 3 is 2.38 bits per heavy atom. The van der Waals surface area contributed by atoms with Crippen molar-refractivity contribution in [2.24, 2.45) is 0 Å². The van der Waals surface area contributed by atoms with Crippen LogP contribution in [0.25, 0.3) is 0 Å². The fraction of sp³-hybridized carbons (Fsp3) is 0.176. The van der Waals surface area contributed by atoms with Gasteiger partial charge in [-0.15, -0.1) is 0 Å². The molecule has 0 saturated carbocycles. The molecule has 0 fully saturated rings. The Bertz CT molecular complexity index is 754. The number of rotatable bonds is 3. The van der Waals surface area contributed by atoms with Crippen molar-refractivity contribution >= 4 is 5.69 Å². The van der Waals surface area contributed by atoms with Gasteiger partial charge in [-0.25, -0.2) is 0 Å². The van der Waals surface area contributed by atoms with Crippen LogP contribution >= 0.6 is 0 Å². The highest BCUT2D eigenvalue weighted by atomic mass is 16.3. The monoisotopic (exact) mass is 277 g/mol. The van der Waals surface area contributed by atoms with Crippen LogP contribution in [0.3, 0.4) is 0 Å². The Labute approximate surface area is 123 Å². The average molecular weight is 277 g/mol. The van der Waals surface area contributed by atoms with Crippen LogP contribution in [0.4, 0.5) is 5.69 Å². The van der Waals surface area contributed by atoms with Gasteiger partial charge in [0.2, 0.25) is 0 Å². The maximum absolute atomic E-state index is 9.99. The van der Waals surface area contributed by atoms with Gasteiger partial charge >= 0.3 is 0 Å². The molecule has 1 atom stereocenters. The number of anilines is 1.